The number of terminal acetylenes is 1. The van der Waals surface area contributed by atoms with Gasteiger partial charge in [-0.3, -0.25) is 14.4 Å². The molecule has 1 unspecified atom stereocenters. The smallest absolute Gasteiger partial charge is 0.246 e. The number of amides is 3. The van der Waals surface area contributed by atoms with Crippen molar-refractivity contribution in [1.82, 2.24) is 15.1 Å². The molecule has 0 saturated carbocycles. The van der Waals surface area contributed by atoms with Gasteiger partial charge in [0.05, 0.1) is 19.5 Å². The van der Waals surface area contributed by atoms with E-state index >= 15 is 0 Å². The van der Waals surface area contributed by atoms with Gasteiger partial charge in [0, 0.05) is 23.1 Å². The largest absolute Gasteiger partial charge is 0.352 e. The minimum atomic E-state index is -0.941. The van der Waals surface area contributed by atoms with Crippen LogP contribution in [0.1, 0.15) is 17.5 Å². The number of carbonyl (C=O) groups is 3. The number of hydrogen-bond acceptors (Lipinski definition) is 3. The number of halogens is 2. The van der Waals surface area contributed by atoms with Gasteiger partial charge in [-0.1, -0.05) is 65.5 Å². The molecule has 0 aliphatic carbocycles. The van der Waals surface area contributed by atoms with Crippen molar-refractivity contribution in [3.05, 3.63) is 69.7 Å². The summed E-state index contributed by atoms with van der Waals surface area (Å²) < 4.78 is 0. The summed E-state index contributed by atoms with van der Waals surface area (Å²) in [5.74, 6) is 1.49. The molecule has 6 nitrogen and oxygen atoms in total. The third-order valence-corrected chi connectivity index (χ3v) is 5.85. The van der Waals surface area contributed by atoms with E-state index in [-0.39, 0.29) is 43.8 Å². The van der Waals surface area contributed by atoms with Crippen LogP contribution in [0.2, 0.25) is 10.0 Å². The van der Waals surface area contributed by atoms with Crippen LogP contribution in [0, 0.1) is 12.3 Å². The molecule has 0 radical (unpaired) electrons. The average molecular weight is 472 g/mol. The Bertz CT molecular complexity index is 1040. The number of carbonyl (C=O) groups excluding carboxylic acids is 3. The van der Waals surface area contributed by atoms with Gasteiger partial charge in [-0.05, 0) is 29.7 Å². The minimum absolute atomic E-state index is 0.0297. The van der Waals surface area contributed by atoms with E-state index < -0.39 is 6.04 Å². The van der Waals surface area contributed by atoms with E-state index in [2.05, 4.69) is 11.2 Å². The molecule has 1 aliphatic heterocycles. The second-order valence-corrected chi connectivity index (χ2v) is 8.30. The second kappa shape index (κ2) is 11.0. The van der Waals surface area contributed by atoms with Crippen molar-refractivity contribution in [2.75, 3.05) is 19.6 Å². The van der Waals surface area contributed by atoms with Crippen LogP contribution in [0.4, 0.5) is 0 Å². The summed E-state index contributed by atoms with van der Waals surface area (Å²) in [5.41, 5.74) is 1.76. The molecule has 3 rings (SSSR count). The van der Waals surface area contributed by atoms with Crippen LogP contribution >= 0.6 is 23.2 Å². The Hall–Kier alpha value is -3.01. The molecule has 1 N–H and O–H groups in total. The summed E-state index contributed by atoms with van der Waals surface area (Å²) in [7, 11) is 0. The van der Waals surface area contributed by atoms with Crippen LogP contribution in [0.15, 0.2) is 48.5 Å². The predicted molar refractivity (Wildman–Crippen MR) is 124 cm³/mol. The van der Waals surface area contributed by atoms with E-state index in [4.69, 9.17) is 29.6 Å². The van der Waals surface area contributed by atoms with Crippen LogP contribution in [0.5, 0.6) is 0 Å². The number of rotatable bonds is 8. The highest BCUT2D eigenvalue weighted by Gasteiger charge is 2.39. The molecule has 1 fully saturated rings. The van der Waals surface area contributed by atoms with Gasteiger partial charge in [0.1, 0.15) is 6.04 Å². The van der Waals surface area contributed by atoms with Gasteiger partial charge >= 0.3 is 0 Å². The van der Waals surface area contributed by atoms with E-state index in [1.165, 1.54) is 9.80 Å². The monoisotopic (exact) mass is 471 g/mol. The molecule has 0 bridgehead atoms. The maximum Gasteiger partial charge on any atom is 0.246 e. The van der Waals surface area contributed by atoms with E-state index in [0.29, 0.717) is 23.0 Å². The number of hydrogen-bond donors (Lipinski definition) is 1. The Kier molecular flexibility index (Phi) is 8.15. The summed E-state index contributed by atoms with van der Waals surface area (Å²) >= 11 is 12.2. The molecule has 1 saturated heterocycles. The summed E-state index contributed by atoms with van der Waals surface area (Å²) in [6.07, 6.45) is 5.70. The SMILES string of the molecule is C#CCN1C(=O)CN(CCc2ccc(Cl)cc2Cl)C(=O)C1CC(=O)NCc1ccccc1. The fourth-order valence-electron chi connectivity index (χ4n) is 3.56. The summed E-state index contributed by atoms with van der Waals surface area (Å²) in [6.45, 7) is 0.506. The van der Waals surface area contributed by atoms with Crippen LogP contribution in [-0.4, -0.2) is 53.2 Å². The number of piperazine rings is 1. The molecule has 8 heteroatoms. The lowest BCUT2D eigenvalue weighted by Gasteiger charge is -2.39. The maximum atomic E-state index is 13.2. The van der Waals surface area contributed by atoms with Gasteiger partial charge in [0.15, 0.2) is 0 Å². The molecule has 0 aromatic heterocycles. The summed E-state index contributed by atoms with van der Waals surface area (Å²) in [5, 5.41) is 3.82. The molecule has 2 aromatic rings. The van der Waals surface area contributed by atoms with Crippen molar-refractivity contribution in [1.29, 1.82) is 0 Å². The topological polar surface area (TPSA) is 69.7 Å². The normalized spacial score (nSPS) is 16.1. The van der Waals surface area contributed by atoms with Gasteiger partial charge in [0.2, 0.25) is 17.7 Å². The number of benzene rings is 2. The highest BCUT2D eigenvalue weighted by atomic mass is 35.5. The molecular weight excluding hydrogens is 449 g/mol. The molecule has 32 heavy (non-hydrogen) atoms. The zero-order valence-corrected chi connectivity index (χ0v) is 18.9. The van der Waals surface area contributed by atoms with Crippen molar-refractivity contribution in [3.8, 4) is 12.3 Å². The Labute approximate surface area is 197 Å². The predicted octanol–water partition coefficient (Wildman–Crippen LogP) is 2.92. The van der Waals surface area contributed by atoms with Gasteiger partial charge in [0.25, 0.3) is 0 Å². The van der Waals surface area contributed by atoms with Crippen LogP contribution in [0.25, 0.3) is 0 Å². The molecule has 166 valence electrons. The van der Waals surface area contributed by atoms with Crippen LogP contribution in [-0.2, 0) is 27.3 Å². The van der Waals surface area contributed by atoms with Crippen LogP contribution < -0.4 is 5.32 Å². The van der Waals surface area contributed by atoms with Crippen molar-refractivity contribution >= 4 is 40.9 Å². The van der Waals surface area contributed by atoms with Gasteiger partial charge in [-0.15, -0.1) is 6.42 Å². The molecule has 1 heterocycles. The second-order valence-electron chi connectivity index (χ2n) is 7.45. The highest BCUT2D eigenvalue weighted by Crippen LogP contribution is 2.23. The Morgan fingerprint density at radius 2 is 1.91 bits per heavy atom. The first-order chi connectivity index (χ1) is 15.4. The molecule has 1 atom stereocenters. The number of nitrogens with one attached hydrogen (secondary N) is 1. The highest BCUT2D eigenvalue weighted by molar-refractivity contribution is 6.35. The van der Waals surface area contributed by atoms with Crippen molar-refractivity contribution in [2.45, 2.75) is 25.4 Å². The summed E-state index contributed by atoms with van der Waals surface area (Å²) in [6, 6.07) is 13.6. The lowest BCUT2D eigenvalue weighted by Crippen LogP contribution is -2.61. The Morgan fingerprint density at radius 1 is 1.16 bits per heavy atom. The van der Waals surface area contributed by atoms with E-state index in [1.807, 2.05) is 30.3 Å². The third kappa shape index (κ3) is 6.03. The zero-order chi connectivity index (χ0) is 23.1. The van der Waals surface area contributed by atoms with Crippen molar-refractivity contribution < 1.29 is 14.4 Å². The van der Waals surface area contributed by atoms with Crippen LogP contribution in [0.3, 0.4) is 0 Å². The molecular formula is C24H23Cl2N3O3. The Balaban J connectivity index is 1.67. The fraction of sp³-hybridized carbons (Fsp3) is 0.292. The average Bonchev–Trinajstić information content (AvgIpc) is 2.77. The molecule has 2 aromatic carbocycles. The quantitative estimate of drug-likeness (QED) is 0.601. The number of nitrogens with zero attached hydrogens (tertiary/aromatic N) is 2. The Morgan fingerprint density at radius 3 is 2.59 bits per heavy atom. The standard InChI is InChI=1S/C24H23Cl2N3O3/c1-2-11-29-21(14-22(30)27-15-17-6-4-3-5-7-17)24(32)28(16-23(29)31)12-10-18-8-9-19(25)13-20(18)26/h1,3-9,13,21H,10-12,14-16H2,(H,27,30). The van der Waals surface area contributed by atoms with E-state index in [0.717, 1.165) is 11.1 Å². The van der Waals surface area contributed by atoms with Crippen molar-refractivity contribution in [2.24, 2.45) is 0 Å². The summed E-state index contributed by atoms with van der Waals surface area (Å²) in [4.78, 5) is 41.2. The molecule has 0 spiro atoms. The van der Waals surface area contributed by atoms with E-state index in [9.17, 15) is 14.4 Å². The first kappa shape index (κ1) is 23.6. The minimum Gasteiger partial charge on any atom is -0.352 e. The first-order valence-corrected chi connectivity index (χ1v) is 10.9. The van der Waals surface area contributed by atoms with E-state index in [1.54, 1.807) is 18.2 Å². The third-order valence-electron chi connectivity index (χ3n) is 5.26. The molecule has 1 aliphatic rings. The lowest BCUT2D eigenvalue weighted by atomic mass is 10.0. The maximum absolute atomic E-state index is 13.2. The van der Waals surface area contributed by atoms with Gasteiger partial charge in [-0.25, -0.2) is 0 Å². The van der Waals surface area contributed by atoms with Gasteiger partial charge in [-0.2, -0.15) is 0 Å². The fourth-order valence-corrected chi connectivity index (χ4v) is 4.06. The lowest BCUT2D eigenvalue weighted by molar-refractivity contribution is -0.156. The van der Waals surface area contributed by atoms with Crippen molar-refractivity contribution in [3.63, 3.8) is 0 Å². The first-order valence-electron chi connectivity index (χ1n) is 10.2. The molecule has 3 amide bonds. The van der Waals surface area contributed by atoms with Gasteiger partial charge < -0.3 is 15.1 Å². The zero-order valence-electron chi connectivity index (χ0n) is 17.4.